The summed E-state index contributed by atoms with van der Waals surface area (Å²) in [6.07, 6.45) is 0. The highest BCUT2D eigenvalue weighted by atomic mass is 16.2. The molecule has 0 spiro atoms. The summed E-state index contributed by atoms with van der Waals surface area (Å²) < 4.78 is 0. The lowest BCUT2D eigenvalue weighted by molar-refractivity contribution is 0.0817. The van der Waals surface area contributed by atoms with E-state index in [9.17, 15) is 4.79 Å². The molecule has 0 saturated carbocycles. The molecule has 0 atom stereocenters. The van der Waals surface area contributed by atoms with Crippen LogP contribution in [0.2, 0.25) is 0 Å². The Morgan fingerprint density at radius 3 is 2.55 bits per heavy atom. The number of amides is 1. The summed E-state index contributed by atoms with van der Waals surface area (Å²) in [5.74, 6) is -0.157. The minimum atomic E-state index is -0.316. The third kappa shape index (κ3) is 2.05. The molecule has 6 heteroatoms. The lowest BCUT2D eigenvalue weighted by atomic mass is 10.1. The molecule has 0 radical (unpaired) electrons. The van der Waals surface area contributed by atoms with E-state index < -0.39 is 0 Å². The zero-order chi connectivity index (χ0) is 14.7. The monoisotopic (exact) mass is 263 g/mol. The highest BCUT2D eigenvalue weighted by Gasteiger charge is 2.27. The van der Waals surface area contributed by atoms with Gasteiger partial charge in [0.15, 0.2) is 5.57 Å². The molecule has 1 aromatic rings. The normalized spacial score (nSPS) is 11.9. The third-order valence-electron chi connectivity index (χ3n) is 2.96. The molecular weight excluding hydrogens is 254 g/mol. The first-order chi connectivity index (χ1) is 9.62. The van der Waals surface area contributed by atoms with Gasteiger partial charge in [-0.05, 0) is 11.6 Å². The summed E-state index contributed by atoms with van der Waals surface area (Å²) in [6, 6.07) is 10.3. The molecule has 6 nitrogen and oxygen atoms in total. The largest absolute Gasteiger partial charge is 0.344 e. The molecule has 0 saturated heterocycles. The summed E-state index contributed by atoms with van der Waals surface area (Å²) in [4.78, 5) is 13.6. The van der Waals surface area contributed by atoms with E-state index in [0.29, 0.717) is 17.8 Å². The van der Waals surface area contributed by atoms with Gasteiger partial charge in [0.1, 0.15) is 23.9 Å². The Balaban J connectivity index is 2.49. The van der Waals surface area contributed by atoms with Crippen LogP contribution in [0.1, 0.15) is 15.9 Å². The van der Waals surface area contributed by atoms with E-state index >= 15 is 0 Å². The van der Waals surface area contributed by atoms with Gasteiger partial charge in [0, 0.05) is 13.6 Å². The van der Waals surface area contributed by atoms with Gasteiger partial charge < -0.3 is 10.2 Å². The molecule has 1 aliphatic heterocycles. The molecule has 1 aliphatic rings. The number of fused-ring (bicyclic) bond motifs is 1. The Bertz CT molecular complexity index is 726. The van der Waals surface area contributed by atoms with Gasteiger partial charge in [-0.15, -0.1) is 0 Å². The van der Waals surface area contributed by atoms with Gasteiger partial charge in [-0.3, -0.25) is 4.79 Å². The number of allylic oxidation sites excluding steroid dienone is 2. The lowest BCUT2D eigenvalue weighted by Gasteiger charge is -2.09. The zero-order valence-corrected chi connectivity index (χ0v) is 10.6. The van der Waals surface area contributed by atoms with Crippen LogP contribution in [0, 0.1) is 34.0 Å². The van der Waals surface area contributed by atoms with Crippen LogP contribution < -0.4 is 5.32 Å². The second-order valence-electron chi connectivity index (χ2n) is 4.21. The number of nitriles is 3. The average molecular weight is 263 g/mol. The maximum atomic E-state index is 12.1. The lowest BCUT2D eigenvalue weighted by Crippen LogP contribution is -2.18. The molecular formula is C14H9N5O. The molecule has 1 N–H and O–H groups in total. The van der Waals surface area contributed by atoms with Crippen molar-refractivity contribution in [3.05, 3.63) is 40.6 Å². The van der Waals surface area contributed by atoms with Crippen LogP contribution in [0.25, 0.3) is 0 Å². The highest BCUT2D eigenvalue weighted by molar-refractivity contribution is 6.03. The van der Waals surface area contributed by atoms with Crippen molar-refractivity contribution < 1.29 is 4.79 Å². The fourth-order valence-corrected chi connectivity index (χ4v) is 2.02. The Kier molecular flexibility index (Phi) is 3.37. The molecule has 2 rings (SSSR count). The molecule has 1 amide bonds. The SMILES string of the molecule is CN1Cc2cccc(NC(C#N)=C(C#N)C#N)c2C1=O. The first-order valence-electron chi connectivity index (χ1n) is 5.71. The van der Waals surface area contributed by atoms with Crippen molar-refractivity contribution in [3.8, 4) is 18.2 Å². The van der Waals surface area contributed by atoms with Crippen molar-refractivity contribution in [2.24, 2.45) is 0 Å². The summed E-state index contributed by atoms with van der Waals surface area (Å²) in [6.45, 7) is 0.499. The Morgan fingerprint density at radius 2 is 1.95 bits per heavy atom. The highest BCUT2D eigenvalue weighted by Crippen LogP contribution is 2.29. The molecule has 1 aromatic carbocycles. The van der Waals surface area contributed by atoms with Gasteiger partial charge in [-0.2, -0.15) is 15.8 Å². The van der Waals surface area contributed by atoms with Crippen molar-refractivity contribution in [1.29, 1.82) is 15.8 Å². The van der Waals surface area contributed by atoms with Crippen molar-refractivity contribution in [3.63, 3.8) is 0 Å². The fourth-order valence-electron chi connectivity index (χ4n) is 2.02. The Labute approximate surface area is 115 Å². The van der Waals surface area contributed by atoms with Crippen LogP contribution in [0.4, 0.5) is 5.69 Å². The van der Waals surface area contributed by atoms with E-state index in [0.717, 1.165) is 5.56 Å². The van der Waals surface area contributed by atoms with Crippen LogP contribution in [-0.4, -0.2) is 17.9 Å². The van der Waals surface area contributed by atoms with Crippen molar-refractivity contribution in [2.45, 2.75) is 6.54 Å². The summed E-state index contributed by atoms with van der Waals surface area (Å²) in [5.41, 5.74) is 1.26. The van der Waals surface area contributed by atoms with Gasteiger partial charge in [-0.1, -0.05) is 12.1 Å². The van der Waals surface area contributed by atoms with Gasteiger partial charge in [0.2, 0.25) is 0 Å². The molecule has 0 fully saturated rings. The van der Waals surface area contributed by atoms with Gasteiger partial charge in [0.05, 0.1) is 11.3 Å². The van der Waals surface area contributed by atoms with Gasteiger partial charge in [-0.25, -0.2) is 0 Å². The van der Waals surface area contributed by atoms with Crippen LogP contribution in [0.5, 0.6) is 0 Å². The van der Waals surface area contributed by atoms with Crippen LogP contribution in [-0.2, 0) is 6.54 Å². The van der Waals surface area contributed by atoms with Crippen LogP contribution in [0.3, 0.4) is 0 Å². The zero-order valence-electron chi connectivity index (χ0n) is 10.6. The topological polar surface area (TPSA) is 104 Å². The number of carbonyl (C=O) groups excluding carboxylic acids is 1. The van der Waals surface area contributed by atoms with Crippen LogP contribution >= 0.6 is 0 Å². The number of nitrogens with zero attached hydrogens (tertiary/aromatic N) is 4. The van der Waals surface area contributed by atoms with E-state index in [2.05, 4.69) is 5.32 Å². The standard InChI is InChI=1S/C14H9N5O/c1-19-8-9-3-2-4-11(13(9)14(19)20)18-12(7-17)10(5-15)6-16/h2-4,18H,8H2,1H3. The second kappa shape index (κ2) is 5.14. The average Bonchev–Trinajstić information content (AvgIpc) is 2.75. The fraction of sp³-hybridized carbons (Fsp3) is 0.143. The van der Waals surface area contributed by atoms with Gasteiger partial charge in [0.25, 0.3) is 5.91 Å². The van der Waals surface area contributed by atoms with E-state index in [1.807, 2.05) is 6.07 Å². The third-order valence-corrected chi connectivity index (χ3v) is 2.96. The first-order valence-corrected chi connectivity index (χ1v) is 5.71. The minimum Gasteiger partial charge on any atom is -0.344 e. The predicted octanol–water partition coefficient (Wildman–Crippen LogP) is 1.51. The van der Waals surface area contributed by atoms with Crippen LogP contribution in [0.15, 0.2) is 29.5 Å². The van der Waals surface area contributed by atoms with E-state index in [-0.39, 0.29) is 17.2 Å². The number of hydrogen-bond donors (Lipinski definition) is 1. The predicted molar refractivity (Wildman–Crippen MR) is 69.7 cm³/mol. The molecule has 96 valence electrons. The molecule has 20 heavy (non-hydrogen) atoms. The first kappa shape index (κ1) is 13.1. The quantitative estimate of drug-likeness (QED) is 0.814. The van der Waals surface area contributed by atoms with E-state index in [1.165, 1.54) is 0 Å². The number of carbonyl (C=O) groups is 1. The van der Waals surface area contributed by atoms with Crippen molar-refractivity contribution in [1.82, 2.24) is 4.90 Å². The maximum Gasteiger partial charge on any atom is 0.256 e. The molecule has 0 aliphatic carbocycles. The van der Waals surface area contributed by atoms with E-state index in [1.54, 1.807) is 42.3 Å². The summed E-state index contributed by atoms with van der Waals surface area (Å²) in [5, 5.41) is 29.3. The molecule has 0 bridgehead atoms. The Morgan fingerprint density at radius 1 is 1.25 bits per heavy atom. The number of nitrogens with one attached hydrogen (secondary N) is 1. The van der Waals surface area contributed by atoms with E-state index in [4.69, 9.17) is 15.8 Å². The smallest absolute Gasteiger partial charge is 0.256 e. The summed E-state index contributed by atoms with van der Waals surface area (Å²) in [7, 11) is 1.68. The second-order valence-corrected chi connectivity index (χ2v) is 4.21. The minimum absolute atomic E-state index is 0.157. The van der Waals surface area contributed by atoms with Crippen molar-refractivity contribution >= 4 is 11.6 Å². The number of rotatable bonds is 2. The van der Waals surface area contributed by atoms with Gasteiger partial charge >= 0.3 is 0 Å². The molecule has 0 unspecified atom stereocenters. The van der Waals surface area contributed by atoms with Crippen molar-refractivity contribution in [2.75, 3.05) is 12.4 Å². The number of hydrogen-bond acceptors (Lipinski definition) is 5. The molecule has 1 heterocycles. The maximum absolute atomic E-state index is 12.1. The summed E-state index contributed by atoms with van der Waals surface area (Å²) >= 11 is 0. The molecule has 0 aromatic heterocycles. The number of benzene rings is 1. The Hall–Kier alpha value is -3.30. The number of anilines is 1.